The first-order valence-corrected chi connectivity index (χ1v) is 11.7. The number of imide groups is 1. The highest BCUT2D eigenvalue weighted by molar-refractivity contribution is 6.22. The van der Waals surface area contributed by atoms with Crippen LogP contribution in [0.3, 0.4) is 0 Å². The number of ether oxygens (including phenoxy) is 1. The van der Waals surface area contributed by atoms with Crippen molar-refractivity contribution in [2.75, 3.05) is 10.2 Å². The van der Waals surface area contributed by atoms with E-state index in [0.29, 0.717) is 35.5 Å². The highest BCUT2D eigenvalue weighted by Gasteiger charge is 2.48. The molecule has 1 aliphatic carbocycles. The zero-order chi connectivity index (χ0) is 24.5. The summed E-state index contributed by atoms with van der Waals surface area (Å²) in [6, 6.07) is 21.5. The minimum absolute atomic E-state index is 0.186. The topological polar surface area (TPSA) is 75.7 Å². The van der Waals surface area contributed by atoms with Crippen molar-refractivity contribution < 1.29 is 19.1 Å². The lowest BCUT2D eigenvalue weighted by Gasteiger charge is -2.18. The number of hydrogen-bond donors (Lipinski definition) is 1. The lowest BCUT2D eigenvalue weighted by Crippen LogP contribution is -2.31. The highest BCUT2D eigenvalue weighted by atomic mass is 16.5. The van der Waals surface area contributed by atoms with E-state index in [1.165, 1.54) is 4.90 Å². The minimum atomic E-state index is -0.326. The molecule has 176 valence electrons. The Balaban J connectivity index is 1.27. The van der Waals surface area contributed by atoms with Gasteiger partial charge in [0, 0.05) is 11.3 Å². The number of amides is 3. The molecule has 3 amide bonds. The standard InChI is InChI=1S/C29H26N2O4/c1-18-6-11-23(12-7-18)35-24-13-9-21(10-14-24)30-27(32)20-4-3-5-22(17-20)31-28(33)25-15-8-19(2)16-26(25)29(31)34/h3-14,17,25-26H,15-16H2,1-2H3,(H,30,32)/t25-,26+/m0/s1. The van der Waals surface area contributed by atoms with Crippen LogP contribution in [0.2, 0.25) is 0 Å². The van der Waals surface area contributed by atoms with Crippen molar-refractivity contribution in [1.29, 1.82) is 0 Å². The lowest BCUT2D eigenvalue weighted by atomic mass is 9.82. The maximum Gasteiger partial charge on any atom is 0.255 e. The summed E-state index contributed by atoms with van der Waals surface area (Å²) in [5.41, 5.74) is 3.70. The first-order chi connectivity index (χ1) is 16.9. The van der Waals surface area contributed by atoms with Crippen LogP contribution in [0.25, 0.3) is 0 Å². The van der Waals surface area contributed by atoms with Gasteiger partial charge in [0.2, 0.25) is 11.8 Å². The van der Waals surface area contributed by atoms with Gasteiger partial charge in [-0.25, -0.2) is 0 Å². The summed E-state index contributed by atoms with van der Waals surface area (Å²) >= 11 is 0. The molecule has 0 unspecified atom stereocenters. The molecule has 0 saturated carbocycles. The van der Waals surface area contributed by atoms with Gasteiger partial charge < -0.3 is 10.1 Å². The predicted octanol–water partition coefficient (Wildman–Crippen LogP) is 5.89. The number of fused-ring (bicyclic) bond motifs is 1. The summed E-state index contributed by atoms with van der Waals surface area (Å²) in [5.74, 6) is 0.0646. The van der Waals surface area contributed by atoms with E-state index in [4.69, 9.17) is 4.74 Å². The van der Waals surface area contributed by atoms with Gasteiger partial charge in [0.1, 0.15) is 11.5 Å². The fourth-order valence-electron chi connectivity index (χ4n) is 4.63. The van der Waals surface area contributed by atoms with Gasteiger partial charge in [-0.3, -0.25) is 19.3 Å². The third kappa shape index (κ3) is 4.60. The number of nitrogens with one attached hydrogen (secondary N) is 1. The summed E-state index contributed by atoms with van der Waals surface area (Å²) in [6.45, 7) is 4.01. The van der Waals surface area contributed by atoms with Crippen molar-refractivity contribution in [3.8, 4) is 11.5 Å². The van der Waals surface area contributed by atoms with Crippen LogP contribution in [-0.2, 0) is 9.59 Å². The Labute approximate surface area is 204 Å². The highest BCUT2D eigenvalue weighted by Crippen LogP contribution is 2.39. The number of hydrogen-bond acceptors (Lipinski definition) is 4. The molecule has 3 aromatic rings. The normalized spacial score (nSPS) is 19.3. The number of allylic oxidation sites excluding steroid dienone is 2. The zero-order valence-electron chi connectivity index (χ0n) is 19.7. The van der Waals surface area contributed by atoms with Crippen molar-refractivity contribution >= 4 is 29.1 Å². The minimum Gasteiger partial charge on any atom is -0.457 e. The molecule has 35 heavy (non-hydrogen) atoms. The fraction of sp³-hybridized carbons (Fsp3) is 0.207. The Kier molecular flexibility index (Phi) is 5.95. The molecule has 1 heterocycles. The number of benzene rings is 3. The van der Waals surface area contributed by atoms with Crippen LogP contribution in [0.5, 0.6) is 11.5 Å². The Hall–Kier alpha value is -4.19. The van der Waals surface area contributed by atoms with Gasteiger partial charge in [0.05, 0.1) is 17.5 Å². The molecule has 1 N–H and O–H groups in total. The Morgan fingerprint density at radius 3 is 2.26 bits per heavy atom. The van der Waals surface area contributed by atoms with Gasteiger partial charge in [0.25, 0.3) is 5.91 Å². The molecule has 3 aromatic carbocycles. The van der Waals surface area contributed by atoms with Crippen LogP contribution in [0, 0.1) is 18.8 Å². The summed E-state index contributed by atoms with van der Waals surface area (Å²) in [7, 11) is 0. The Bertz CT molecular complexity index is 1330. The molecule has 6 nitrogen and oxygen atoms in total. The van der Waals surface area contributed by atoms with E-state index in [0.717, 1.165) is 16.9 Å². The van der Waals surface area contributed by atoms with E-state index in [1.807, 2.05) is 44.2 Å². The van der Waals surface area contributed by atoms with Gasteiger partial charge in [-0.05, 0) is 81.3 Å². The van der Waals surface area contributed by atoms with Crippen molar-refractivity contribution in [1.82, 2.24) is 0 Å². The van der Waals surface area contributed by atoms with Gasteiger partial charge >= 0.3 is 0 Å². The third-order valence-corrected chi connectivity index (χ3v) is 6.56. The molecule has 0 bridgehead atoms. The van der Waals surface area contributed by atoms with E-state index in [1.54, 1.807) is 48.5 Å². The maximum absolute atomic E-state index is 13.0. The fourth-order valence-corrected chi connectivity index (χ4v) is 4.63. The van der Waals surface area contributed by atoms with E-state index in [2.05, 4.69) is 5.32 Å². The second-order valence-corrected chi connectivity index (χ2v) is 9.16. The first-order valence-electron chi connectivity index (χ1n) is 11.7. The molecule has 1 aliphatic heterocycles. The predicted molar refractivity (Wildman–Crippen MR) is 135 cm³/mol. The number of anilines is 2. The second kappa shape index (κ2) is 9.22. The van der Waals surface area contributed by atoms with Gasteiger partial charge in [0.15, 0.2) is 0 Å². The number of carbonyl (C=O) groups excluding carboxylic acids is 3. The third-order valence-electron chi connectivity index (χ3n) is 6.56. The van der Waals surface area contributed by atoms with E-state index in [-0.39, 0.29) is 29.6 Å². The summed E-state index contributed by atoms with van der Waals surface area (Å²) < 4.78 is 5.83. The van der Waals surface area contributed by atoms with Crippen molar-refractivity contribution in [2.45, 2.75) is 26.7 Å². The van der Waals surface area contributed by atoms with E-state index in [9.17, 15) is 14.4 Å². The van der Waals surface area contributed by atoms with Crippen molar-refractivity contribution in [2.24, 2.45) is 11.8 Å². The Morgan fingerprint density at radius 2 is 1.54 bits per heavy atom. The molecule has 0 aromatic heterocycles. The average molecular weight is 467 g/mol. The molecule has 0 spiro atoms. The monoisotopic (exact) mass is 466 g/mol. The number of rotatable bonds is 5. The lowest BCUT2D eigenvalue weighted by molar-refractivity contribution is -0.122. The molecule has 1 saturated heterocycles. The van der Waals surface area contributed by atoms with E-state index >= 15 is 0 Å². The summed E-state index contributed by atoms with van der Waals surface area (Å²) in [5, 5.41) is 2.86. The Morgan fingerprint density at radius 1 is 0.886 bits per heavy atom. The molecule has 5 rings (SSSR count). The van der Waals surface area contributed by atoms with Crippen molar-refractivity contribution in [3.63, 3.8) is 0 Å². The largest absolute Gasteiger partial charge is 0.457 e. The molecular weight excluding hydrogens is 440 g/mol. The molecule has 0 radical (unpaired) electrons. The van der Waals surface area contributed by atoms with Gasteiger partial charge in [-0.1, -0.05) is 35.4 Å². The van der Waals surface area contributed by atoms with Gasteiger partial charge in [-0.2, -0.15) is 0 Å². The van der Waals surface area contributed by atoms with Crippen LogP contribution >= 0.6 is 0 Å². The van der Waals surface area contributed by atoms with Crippen LogP contribution in [0.15, 0.2) is 84.4 Å². The van der Waals surface area contributed by atoms with Crippen LogP contribution in [-0.4, -0.2) is 17.7 Å². The summed E-state index contributed by atoms with van der Waals surface area (Å²) in [4.78, 5) is 40.1. The number of aryl methyl sites for hydroxylation is 1. The van der Waals surface area contributed by atoms with Crippen LogP contribution < -0.4 is 15.0 Å². The number of carbonyl (C=O) groups is 3. The average Bonchev–Trinajstić information content (AvgIpc) is 3.11. The smallest absolute Gasteiger partial charge is 0.255 e. The second-order valence-electron chi connectivity index (χ2n) is 9.16. The maximum atomic E-state index is 13.0. The van der Waals surface area contributed by atoms with Gasteiger partial charge in [-0.15, -0.1) is 0 Å². The molecule has 1 fully saturated rings. The SMILES string of the molecule is CC1=CC[C@@H]2C(=O)N(c3cccc(C(=O)Nc4ccc(Oc5ccc(C)cc5)cc4)c3)C(=O)[C@@H]2C1. The molecule has 6 heteroatoms. The quantitative estimate of drug-likeness (QED) is 0.376. The zero-order valence-corrected chi connectivity index (χ0v) is 19.7. The van der Waals surface area contributed by atoms with Crippen LogP contribution in [0.1, 0.15) is 35.7 Å². The molecule has 2 aliphatic rings. The summed E-state index contributed by atoms with van der Waals surface area (Å²) in [6.07, 6.45) is 3.23. The molecular formula is C29H26N2O4. The van der Waals surface area contributed by atoms with Crippen molar-refractivity contribution in [3.05, 3.63) is 95.6 Å². The van der Waals surface area contributed by atoms with E-state index < -0.39 is 0 Å². The van der Waals surface area contributed by atoms with Crippen LogP contribution in [0.4, 0.5) is 11.4 Å². The first kappa shape index (κ1) is 22.6. The number of nitrogens with zero attached hydrogens (tertiary/aromatic N) is 1. The molecule has 2 atom stereocenters.